The van der Waals surface area contributed by atoms with Gasteiger partial charge < -0.3 is 19.5 Å². The number of aromatic nitrogens is 1. The molecule has 1 aliphatic heterocycles. The quantitative estimate of drug-likeness (QED) is 0.584. The molecule has 0 radical (unpaired) electrons. The standard InChI is InChI=1S/C21H31N5O2/c1-17(2)27-16-19-6-4-5-18(13-19)14-23-21(22-3)26-10-8-25(9-11-26)15-20-7-12-28-24-20/h4-7,12-13,17H,8-11,14-16H2,1-3H3,(H,22,23). The Balaban J connectivity index is 1.47. The van der Waals surface area contributed by atoms with Gasteiger partial charge >= 0.3 is 0 Å². The van der Waals surface area contributed by atoms with Gasteiger partial charge in [-0.05, 0) is 25.0 Å². The number of nitrogens with one attached hydrogen (secondary N) is 1. The van der Waals surface area contributed by atoms with E-state index < -0.39 is 0 Å². The first-order chi connectivity index (χ1) is 13.6. The van der Waals surface area contributed by atoms with Crippen LogP contribution >= 0.6 is 0 Å². The van der Waals surface area contributed by atoms with Crippen LogP contribution in [-0.4, -0.2) is 60.2 Å². The Bertz CT molecular complexity index is 737. The number of ether oxygens (including phenoxy) is 1. The zero-order valence-corrected chi connectivity index (χ0v) is 17.1. The van der Waals surface area contributed by atoms with Crippen molar-refractivity contribution in [2.24, 2.45) is 4.99 Å². The highest BCUT2D eigenvalue weighted by Gasteiger charge is 2.20. The van der Waals surface area contributed by atoms with E-state index in [1.54, 1.807) is 6.26 Å². The Morgan fingerprint density at radius 2 is 2.00 bits per heavy atom. The van der Waals surface area contributed by atoms with Crippen molar-refractivity contribution >= 4 is 5.96 Å². The number of hydrogen-bond donors (Lipinski definition) is 1. The fraction of sp³-hybridized carbons (Fsp3) is 0.524. The normalized spacial score (nSPS) is 16.0. The second kappa shape index (κ2) is 10.2. The molecule has 3 rings (SSSR count). The molecule has 0 bridgehead atoms. The van der Waals surface area contributed by atoms with Crippen molar-refractivity contribution in [2.75, 3.05) is 33.2 Å². The third kappa shape index (κ3) is 6.07. The number of hydrogen-bond acceptors (Lipinski definition) is 5. The third-order valence-corrected chi connectivity index (χ3v) is 4.79. The van der Waals surface area contributed by atoms with Crippen LogP contribution in [0, 0.1) is 0 Å². The monoisotopic (exact) mass is 385 g/mol. The number of benzene rings is 1. The highest BCUT2D eigenvalue weighted by Crippen LogP contribution is 2.10. The Hall–Kier alpha value is -2.38. The van der Waals surface area contributed by atoms with Crippen molar-refractivity contribution in [3.05, 3.63) is 53.4 Å². The first kappa shape index (κ1) is 20.4. The molecular formula is C21H31N5O2. The summed E-state index contributed by atoms with van der Waals surface area (Å²) < 4.78 is 10.6. The molecule has 1 aromatic carbocycles. The van der Waals surface area contributed by atoms with E-state index in [0.717, 1.165) is 50.9 Å². The zero-order chi connectivity index (χ0) is 19.8. The molecule has 0 spiro atoms. The predicted octanol–water partition coefficient (Wildman–Crippen LogP) is 2.49. The smallest absolute Gasteiger partial charge is 0.194 e. The highest BCUT2D eigenvalue weighted by atomic mass is 16.5. The minimum Gasteiger partial charge on any atom is -0.374 e. The van der Waals surface area contributed by atoms with Gasteiger partial charge in [-0.15, -0.1) is 0 Å². The highest BCUT2D eigenvalue weighted by molar-refractivity contribution is 5.80. The number of guanidine groups is 1. The SMILES string of the molecule is CN=C(NCc1cccc(COC(C)C)c1)N1CCN(Cc2ccon2)CC1. The molecule has 1 saturated heterocycles. The van der Waals surface area contributed by atoms with E-state index >= 15 is 0 Å². The van der Waals surface area contributed by atoms with E-state index in [-0.39, 0.29) is 6.10 Å². The molecule has 2 heterocycles. The summed E-state index contributed by atoms with van der Waals surface area (Å²) in [6.07, 6.45) is 1.87. The second-order valence-corrected chi connectivity index (χ2v) is 7.33. The van der Waals surface area contributed by atoms with Crippen LogP contribution in [0.3, 0.4) is 0 Å². The van der Waals surface area contributed by atoms with Crippen molar-refractivity contribution < 1.29 is 9.26 Å². The van der Waals surface area contributed by atoms with Gasteiger partial charge in [0.15, 0.2) is 5.96 Å². The molecule has 7 nitrogen and oxygen atoms in total. The average Bonchev–Trinajstić information content (AvgIpc) is 3.21. The van der Waals surface area contributed by atoms with Gasteiger partial charge in [-0.1, -0.05) is 29.4 Å². The molecule has 1 fully saturated rings. The number of nitrogens with zero attached hydrogens (tertiary/aromatic N) is 4. The molecule has 152 valence electrons. The van der Waals surface area contributed by atoms with Gasteiger partial charge in [-0.2, -0.15) is 0 Å². The van der Waals surface area contributed by atoms with Crippen LogP contribution in [-0.2, 0) is 24.4 Å². The summed E-state index contributed by atoms with van der Waals surface area (Å²) in [5, 5.41) is 7.50. The van der Waals surface area contributed by atoms with Gasteiger partial charge in [0.25, 0.3) is 0 Å². The topological polar surface area (TPSA) is 66.1 Å². The summed E-state index contributed by atoms with van der Waals surface area (Å²) in [5.74, 6) is 0.949. The predicted molar refractivity (Wildman–Crippen MR) is 110 cm³/mol. The zero-order valence-electron chi connectivity index (χ0n) is 17.1. The van der Waals surface area contributed by atoms with E-state index in [4.69, 9.17) is 9.26 Å². The largest absolute Gasteiger partial charge is 0.374 e. The summed E-state index contributed by atoms with van der Waals surface area (Å²) in [6.45, 7) is 10.2. The first-order valence-electron chi connectivity index (χ1n) is 9.90. The van der Waals surface area contributed by atoms with Crippen molar-refractivity contribution in [3.8, 4) is 0 Å². The van der Waals surface area contributed by atoms with Crippen molar-refractivity contribution in [1.82, 2.24) is 20.3 Å². The van der Waals surface area contributed by atoms with Crippen LogP contribution < -0.4 is 5.32 Å². The van der Waals surface area contributed by atoms with Crippen molar-refractivity contribution in [1.29, 1.82) is 0 Å². The van der Waals surface area contributed by atoms with Crippen LogP contribution in [0.1, 0.15) is 30.7 Å². The van der Waals surface area contributed by atoms with Crippen molar-refractivity contribution in [3.63, 3.8) is 0 Å². The molecule has 0 amide bonds. The lowest BCUT2D eigenvalue weighted by Crippen LogP contribution is -2.52. The van der Waals surface area contributed by atoms with E-state index in [1.165, 1.54) is 11.1 Å². The van der Waals surface area contributed by atoms with E-state index in [9.17, 15) is 0 Å². The first-order valence-corrected chi connectivity index (χ1v) is 9.90. The Morgan fingerprint density at radius 1 is 1.21 bits per heavy atom. The molecule has 0 unspecified atom stereocenters. The van der Waals surface area contributed by atoms with Crippen LogP contribution in [0.15, 0.2) is 46.1 Å². The average molecular weight is 386 g/mol. The fourth-order valence-electron chi connectivity index (χ4n) is 3.27. The minimum absolute atomic E-state index is 0.239. The molecular weight excluding hydrogens is 354 g/mol. The number of aliphatic imine (C=N–C) groups is 1. The van der Waals surface area contributed by atoms with E-state index in [0.29, 0.717) is 6.61 Å². The van der Waals surface area contributed by atoms with E-state index in [1.807, 2.05) is 13.1 Å². The summed E-state index contributed by atoms with van der Waals surface area (Å²) in [6, 6.07) is 10.4. The number of rotatable bonds is 7. The Kier molecular flexibility index (Phi) is 7.45. The van der Waals surface area contributed by atoms with Gasteiger partial charge in [0, 0.05) is 52.4 Å². The molecule has 7 heteroatoms. The molecule has 0 aliphatic carbocycles. The van der Waals surface area contributed by atoms with Crippen LogP contribution in [0.2, 0.25) is 0 Å². The Morgan fingerprint density at radius 3 is 2.68 bits per heavy atom. The summed E-state index contributed by atoms with van der Waals surface area (Å²) in [5.41, 5.74) is 3.41. The van der Waals surface area contributed by atoms with Crippen LogP contribution in [0.25, 0.3) is 0 Å². The molecule has 1 N–H and O–H groups in total. The Labute approximate surface area is 167 Å². The maximum Gasteiger partial charge on any atom is 0.194 e. The summed E-state index contributed by atoms with van der Waals surface area (Å²) in [4.78, 5) is 9.17. The molecule has 0 atom stereocenters. The summed E-state index contributed by atoms with van der Waals surface area (Å²) >= 11 is 0. The summed E-state index contributed by atoms with van der Waals surface area (Å²) in [7, 11) is 1.84. The van der Waals surface area contributed by atoms with Crippen LogP contribution in [0.5, 0.6) is 0 Å². The molecule has 1 aliphatic rings. The van der Waals surface area contributed by atoms with Gasteiger partial charge in [0.1, 0.15) is 6.26 Å². The molecule has 28 heavy (non-hydrogen) atoms. The van der Waals surface area contributed by atoms with Gasteiger partial charge in [0.05, 0.1) is 18.4 Å². The minimum atomic E-state index is 0.239. The molecule has 1 aromatic heterocycles. The maximum atomic E-state index is 5.70. The van der Waals surface area contributed by atoms with Crippen molar-refractivity contribution in [2.45, 2.75) is 39.6 Å². The van der Waals surface area contributed by atoms with Gasteiger partial charge in [0.2, 0.25) is 0 Å². The molecule has 2 aromatic rings. The third-order valence-electron chi connectivity index (χ3n) is 4.79. The molecule has 0 saturated carbocycles. The lowest BCUT2D eigenvalue weighted by atomic mass is 10.1. The van der Waals surface area contributed by atoms with Crippen LogP contribution in [0.4, 0.5) is 0 Å². The second-order valence-electron chi connectivity index (χ2n) is 7.33. The lowest BCUT2D eigenvalue weighted by molar-refractivity contribution is 0.0657. The maximum absolute atomic E-state index is 5.70. The fourth-order valence-corrected chi connectivity index (χ4v) is 3.27. The number of piperazine rings is 1. The van der Waals surface area contributed by atoms with Gasteiger partial charge in [-0.3, -0.25) is 9.89 Å². The van der Waals surface area contributed by atoms with E-state index in [2.05, 4.69) is 63.4 Å². The lowest BCUT2D eigenvalue weighted by Gasteiger charge is -2.36. The van der Waals surface area contributed by atoms with Gasteiger partial charge in [-0.25, -0.2) is 0 Å².